The summed E-state index contributed by atoms with van der Waals surface area (Å²) in [4.78, 5) is 10.9. The Morgan fingerprint density at radius 2 is 1.81 bits per heavy atom. The molecular weight excluding hydrogens is 430 g/mol. The van der Waals surface area contributed by atoms with Crippen LogP contribution in [-0.4, -0.2) is 38.0 Å². The molecule has 1 heterocycles. The quantitative estimate of drug-likeness (QED) is 0.564. The second kappa shape index (κ2) is 13.8. The standard InChI is InChI=1S/C7H14N.C3H7NO.2ClH.Pt/c1-6-3-4-8-7(2)5-6;1-4(2)3-5;;;/h6-7H,3-5H2,1-2H3;3H,1-2H3;2*1H;/q-1;;;;+2/p-2. The Morgan fingerprint density at radius 3 is 2.00 bits per heavy atom. The molecule has 0 spiro atoms. The predicted octanol–water partition coefficient (Wildman–Crippen LogP) is 3.26. The Bertz CT molecular complexity index is 154. The van der Waals surface area contributed by atoms with Crippen molar-refractivity contribution < 1.29 is 21.3 Å². The zero-order chi connectivity index (χ0) is 13.0. The molecular formula is C10H21Cl2N2OPt-. The molecule has 2 atom stereocenters. The van der Waals surface area contributed by atoms with Crippen LogP contribution < -0.4 is 0 Å². The van der Waals surface area contributed by atoms with Gasteiger partial charge >= 0.3 is 35.3 Å². The molecule has 6 heteroatoms. The van der Waals surface area contributed by atoms with Gasteiger partial charge in [-0.3, -0.25) is 4.79 Å². The fourth-order valence-corrected chi connectivity index (χ4v) is 1.29. The molecule has 16 heavy (non-hydrogen) atoms. The van der Waals surface area contributed by atoms with Crippen molar-refractivity contribution in [3.05, 3.63) is 5.32 Å². The van der Waals surface area contributed by atoms with E-state index in [4.69, 9.17) is 18.8 Å². The molecule has 0 aromatic heterocycles. The maximum atomic E-state index is 9.43. The normalized spacial score (nSPS) is 23.4. The van der Waals surface area contributed by atoms with Gasteiger partial charge in [-0.2, -0.15) is 0 Å². The maximum absolute atomic E-state index is 9.43. The van der Waals surface area contributed by atoms with Crippen LogP contribution in [0.2, 0.25) is 0 Å². The zero-order valence-electron chi connectivity index (χ0n) is 10.2. The van der Waals surface area contributed by atoms with E-state index >= 15 is 0 Å². The number of halogens is 2. The third kappa shape index (κ3) is 17.1. The summed E-state index contributed by atoms with van der Waals surface area (Å²) in [5.41, 5.74) is 0. The summed E-state index contributed by atoms with van der Waals surface area (Å²) >= 11 is -0.472. The SMILES string of the molecule is CC1CC[N-]C(C)C1.CN(C)C=O.[Cl][Pt][Cl]. The van der Waals surface area contributed by atoms with Crippen LogP contribution in [0.25, 0.3) is 5.32 Å². The van der Waals surface area contributed by atoms with Crippen molar-refractivity contribution in [2.45, 2.75) is 32.7 Å². The van der Waals surface area contributed by atoms with Crippen molar-refractivity contribution in [2.75, 3.05) is 20.6 Å². The number of rotatable bonds is 1. The van der Waals surface area contributed by atoms with Gasteiger partial charge < -0.3 is 10.2 Å². The zero-order valence-corrected chi connectivity index (χ0v) is 14.0. The summed E-state index contributed by atoms with van der Waals surface area (Å²) in [6.45, 7) is 5.61. The summed E-state index contributed by atoms with van der Waals surface area (Å²) < 4.78 is 0. The number of hydrogen-bond donors (Lipinski definition) is 0. The topological polar surface area (TPSA) is 34.4 Å². The molecule has 0 aromatic carbocycles. The molecule has 0 aliphatic carbocycles. The monoisotopic (exact) mass is 450 g/mol. The molecule has 0 radical (unpaired) electrons. The molecule has 1 amide bonds. The van der Waals surface area contributed by atoms with Gasteiger partial charge in [0.25, 0.3) is 0 Å². The fraction of sp³-hybridized carbons (Fsp3) is 0.900. The van der Waals surface area contributed by atoms with Crippen molar-refractivity contribution in [3.8, 4) is 0 Å². The van der Waals surface area contributed by atoms with Gasteiger partial charge in [-0.1, -0.05) is 26.7 Å². The van der Waals surface area contributed by atoms with Crippen LogP contribution in [0.5, 0.6) is 0 Å². The van der Waals surface area contributed by atoms with Gasteiger partial charge in [0.05, 0.1) is 0 Å². The average molecular weight is 451 g/mol. The van der Waals surface area contributed by atoms with Gasteiger partial charge in [-0.15, -0.1) is 12.6 Å². The summed E-state index contributed by atoms with van der Waals surface area (Å²) in [5.74, 6) is 0.919. The Hall–Kier alpha value is 0.698. The van der Waals surface area contributed by atoms with E-state index < -0.39 is 16.5 Å². The number of nitrogens with zero attached hydrogens (tertiary/aromatic N) is 2. The molecule has 2 unspecified atom stereocenters. The van der Waals surface area contributed by atoms with E-state index in [-0.39, 0.29) is 0 Å². The molecule has 0 N–H and O–H groups in total. The van der Waals surface area contributed by atoms with Crippen LogP contribution in [0.3, 0.4) is 0 Å². The van der Waals surface area contributed by atoms with Gasteiger partial charge in [0.1, 0.15) is 0 Å². The van der Waals surface area contributed by atoms with Crippen LogP contribution >= 0.6 is 18.8 Å². The first kappa shape index (κ1) is 19.0. The van der Waals surface area contributed by atoms with E-state index in [0.29, 0.717) is 6.04 Å². The van der Waals surface area contributed by atoms with Crippen LogP contribution in [0.1, 0.15) is 26.7 Å². The third-order valence-corrected chi connectivity index (χ3v) is 2.02. The molecule has 1 fully saturated rings. The summed E-state index contributed by atoms with van der Waals surface area (Å²) in [6.07, 6.45) is 3.37. The minimum atomic E-state index is -0.472. The first-order valence-electron chi connectivity index (χ1n) is 5.08. The van der Waals surface area contributed by atoms with Gasteiger partial charge in [0, 0.05) is 14.1 Å². The molecule has 0 saturated carbocycles. The fourth-order valence-electron chi connectivity index (χ4n) is 1.29. The summed E-state index contributed by atoms with van der Waals surface area (Å²) in [5, 5.41) is 4.38. The van der Waals surface area contributed by atoms with Crippen LogP contribution in [0.15, 0.2) is 0 Å². The van der Waals surface area contributed by atoms with Crippen molar-refractivity contribution in [1.82, 2.24) is 4.90 Å². The average Bonchev–Trinajstić information content (AvgIpc) is 2.19. The van der Waals surface area contributed by atoms with E-state index in [9.17, 15) is 4.79 Å². The Morgan fingerprint density at radius 1 is 1.38 bits per heavy atom. The summed E-state index contributed by atoms with van der Waals surface area (Å²) in [6, 6.07) is 0.638. The van der Waals surface area contributed by atoms with E-state index in [0.717, 1.165) is 18.9 Å². The van der Waals surface area contributed by atoms with E-state index in [2.05, 4.69) is 19.2 Å². The minimum absolute atomic E-state index is 0.472. The van der Waals surface area contributed by atoms with E-state index in [1.807, 2.05) is 0 Å². The van der Waals surface area contributed by atoms with Gasteiger partial charge in [0.2, 0.25) is 6.41 Å². The predicted molar refractivity (Wildman–Crippen MR) is 67.5 cm³/mol. The first-order valence-corrected chi connectivity index (χ1v) is 10.7. The molecule has 0 aromatic rings. The van der Waals surface area contributed by atoms with Crippen LogP contribution in [0.4, 0.5) is 0 Å². The van der Waals surface area contributed by atoms with Gasteiger partial charge in [-0.25, -0.2) is 0 Å². The van der Waals surface area contributed by atoms with Crippen molar-refractivity contribution in [2.24, 2.45) is 5.92 Å². The number of carbonyl (C=O) groups excluding carboxylic acids is 1. The molecule has 102 valence electrons. The van der Waals surface area contributed by atoms with Gasteiger partial charge in [-0.05, 0) is 5.92 Å². The van der Waals surface area contributed by atoms with Crippen LogP contribution in [-0.2, 0) is 21.3 Å². The van der Waals surface area contributed by atoms with Crippen molar-refractivity contribution >= 4 is 25.2 Å². The molecule has 1 rings (SSSR count). The Labute approximate surface area is 116 Å². The molecule has 0 bridgehead atoms. The second-order valence-electron chi connectivity index (χ2n) is 4.00. The third-order valence-electron chi connectivity index (χ3n) is 2.02. The van der Waals surface area contributed by atoms with E-state index in [1.54, 1.807) is 14.1 Å². The Balaban J connectivity index is 0. The van der Waals surface area contributed by atoms with Gasteiger partial charge in [0.15, 0.2) is 0 Å². The molecule has 1 aliphatic heterocycles. The van der Waals surface area contributed by atoms with E-state index in [1.165, 1.54) is 17.7 Å². The Kier molecular flexibility index (Phi) is 16.4. The molecule has 1 aliphatic rings. The number of piperidine rings is 1. The molecule has 3 nitrogen and oxygen atoms in total. The van der Waals surface area contributed by atoms with Crippen molar-refractivity contribution in [3.63, 3.8) is 0 Å². The summed E-state index contributed by atoms with van der Waals surface area (Å²) in [7, 11) is 13.1. The number of hydrogen-bond acceptors (Lipinski definition) is 1. The molecule has 1 saturated heterocycles. The second-order valence-corrected chi connectivity index (χ2v) is 7.28. The first-order chi connectivity index (χ1) is 7.47. The number of carbonyl (C=O) groups is 1. The number of amides is 1. The van der Waals surface area contributed by atoms with Crippen LogP contribution in [0, 0.1) is 5.92 Å². The van der Waals surface area contributed by atoms with Crippen molar-refractivity contribution in [1.29, 1.82) is 0 Å².